The van der Waals surface area contributed by atoms with Crippen molar-refractivity contribution in [2.75, 3.05) is 0 Å². The van der Waals surface area contributed by atoms with Crippen molar-refractivity contribution < 1.29 is 4.74 Å². The first-order valence-electron chi connectivity index (χ1n) is 5.07. The molecule has 0 amide bonds. The molecule has 1 rings (SSSR count). The number of rotatable bonds is 3. The molecule has 1 heterocycles. The summed E-state index contributed by atoms with van der Waals surface area (Å²) in [5.41, 5.74) is 1.25. The second kappa shape index (κ2) is 4.35. The first kappa shape index (κ1) is 11.6. The molecule has 1 unspecified atom stereocenters. The smallest absolute Gasteiger partial charge is 0.230 e. The van der Waals surface area contributed by atoms with Crippen molar-refractivity contribution in [2.24, 2.45) is 13.0 Å². The Morgan fingerprint density at radius 2 is 2.00 bits per heavy atom. The highest BCUT2D eigenvalue weighted by Crippen LogP contribution is 2.22. The van der Waals surface area contributed by atoms with Gasteiger partial charge in [0.15, 0.2) is 0 Å². The lowest BCUT2D eigenvalue weighted by molar-refractivity contribution is 0.155. The standard InChI is InChI=1S/C11H17N3O/c1-7(2)9(4)15-11-10(6-12)8(3)13-14(11)5/h7,9H,1-5H3. The van der Waals surface area contributed by atoms with Crippen LogP contribution < -0.4 is 4.74 Å². The fraction of sp³-hybridized carbons (Fsp3) is 0.636. The summed E-state index contributed by atoms with van der Waals surface area (Å²) >= 11 is 0. The Balaban J connectivity index is 3.00. The molecule has 0 aliphatic carbocycles. The Kier molecular flexibility index (Phi) is 3.35. The SMILES string of the molecule is Cc1nn(C)c(OC(C)C(C)C)c1C#N. The third-order valence-electron chi connectivity index (χ3n) is 2.52. The second-order valence-electron chi connectivity index (χ2n) is 4.07. The minimum atomic E-state index is 0.0758. The number of hydrogen-bond donors (Lipinski definition) is 0. The highest BCUT2D eigenvalue weighted by Gasteiger charge is 2.18. The largest absolute Gasteiger partial charge is 0.474 e. The molecule has 0 fully saturated rings. The van der Waals surface area contributed by atoms with E-state index in [0.717, 1.165) is 0 Å². The molecule has 0 N–H and O–H groups in total. The van der Waals surface area contributed by atoms with Gasteiger partial charge >= 0.3 is 0 Å². The lowest BCUT2D eigenvalue weighted by Crippen LogP contribution is -2.20. The molecular weight excluding hydrogens is 190 g/mol. The van der Waals surface area contributed by atoms with Gasteiger partial charge in [-0.25, -0.2) is 4.68 Å². The zero-order chi connectivity index (χ0) is 11.6. The molecule has 0 bridgehead atoms. The molecule has 0 aromatic carbocycles. The molecule has 0 radical (unpaired) electrons. The molecule has 4 nitrogen and oxygen atoms in total. The normalized spacial score (nSPS) is 12.6. The van der Waals surface area contributed by atoms with E-state index in [1.54, 1.807) is 11.7 Å². The summed E-state index contributed by atoms with van der Waals surface area (Å²) in [4.78, 5) is 0. The quantitative estimate of drug-likeness (QED) is 0.762. The van der Waals surface area contributed by atoms with Crippen LogP contribution in [0.3, 0.4) is 0 Å². The molecule has 0 saturated carbocycles. The van der Waals surface area contributed by atoms with Crippen molar-refractivity contribution in [1.29, 1.82) is 5.26 Å². The van der Waals surface area contributed by atoms with Gasteiger partial charge in [-0.2, -0.15) is 10.4 Å². The molecule has 0 saturated heterocycles. The van der Waals surface area contributed by atoms with Crippen LogP contribution in [-0.2, 0) is 7.05 Å². The van der Waals surface area contributed by atoms with E-state index >= 15 is 0 Å². The summed E-state index contributed by atoms with van der Waals surface area (Å²) in [6.45, 7) is 7.97. The second-order valence-corrected chi connectivity index (χ2v) is 4.07. The van der Waals surface area contributed by atoms with Crippen molar-refractivity contribution >= 4 is 0 Å². The van der Waals surface area contributed by atoms with Gasteiger partial charge in [0.25, 0.3) is 0 Å². The van der Waals surface area contributed by atoms with E-state index in [1.807, 2.05) is 13.8 Å². The van der Waals surface area contributed by atoms with E-state index in [-0.39, 0.29) is 6.10 Å². The molecule has 4 heteroatoms. The Labute approximate surface area is 90.5 Å². The van der Waals surface area contributed by atoms with E-state index in [1.165, 1.54) is 0 Å². The average molecular weight is 207 g/mol. The number of aryl methyl sites for hydroxylation is 2. The number of nitriles is 1. The molecule has 15 heavy (non-hydrogen) atoms. The topological polar surface area (TPSA) is 50.8 Å². The Hall–Kier alpha value is -1.50. The minimum absolute atomic E-state index is 0.0758. The fourth-order valence-corrected chi connectivity index (χ4v) is 1.21. The summed E-state index contributed by atoms with van der Waals surface area (Å²) in [5.74, 6) is 0.975. The van der Waals surface area contributed by atoms with Crippen LogP contribution >= 0.6 is 0 Å². The maximum absolute atomic E-state index is 8.98. The summed E-state index contributed by atoms with van der Waals surface area (Å²) in [6, 6.07) is 2.12. The summed E-state index contributed by atoms with van der Waals surface area (Å²) in [7, 11) is 1.79. The van der Waals surface area contributed by atoms with Gasteiger partial charge in [-0.3, -0.25) is 0 Å². The first-order valence-corrected chi connectivity index (χ1v) is 5.07. The monoisotopic (exact) mass is 207 g/mol. The van der Waals surface area contributed by atoms with Crippen LogP contribution in [-0.4, -0.2) is 15.9 Å². The van der Waals surface area contributed by atoms with Gasteiger partial charge < -0.3 is 4.74 Å². The van der Waals surface area contributed by atoms with Crippen LogP contribution in [0.15, 0.2) is 0 Å². The zero-order valence-electron chi connectivity index (χ0n) is 9.90. The molecule has 0 aliphatic rings. The molecule has 1 aromatic heterocycles. The van der Waals surface area contributed by atoms with Gasteiger partial charge in [0.2, 0.25) is 5.88 Å². The third kappa shape index (κ3) is 2.30. The van der Waals surface area contributed by atoms with E-state index in [0.29, 0.717) is 23.1 Å². The van der Waals surface area contributed by atoms with E-state index in [4.69, 9.17) is 10.00 Å². The van der Waals surface area contributed by atoms with Crippen molar-refractivity contribution in [3.05, 3.63) is 11.3 Å². The van der Waals surface area contributed by atoms with Crippen molar-refractivity contribution in [2.45, 2.75) is 33.8 Å². The van der Waals surface area contributed by atoms with Crippen molar-refractivity contribution in [1.82, 2.24) is 9.78 Å². The van der Waals surface area contributed by atoms with Crippen LogP contribution in [0, 0.1) is 24.2 Å². The molecule has 0 spiro atoms. The zero-order valence-corrected chi connectivity index (χ0v) is 9.90. The maximum Gasteiger partial charge on any atom is 0.230 e. The average Bonchev–Trinajstić information content (AvgIpc) is 2.41. The fourth-order valence-electron chi connectivity index (χ4n) is 1.21. The van der Waals surface area contributed by atoms with E-state index in [2.05, 4.69) is 25.0 Å². The molecule has 1 aromatic rings. The third-order valence-corrected chi connectivity index (χ3v) is 2.52. The summed E-state index contributed by atoms with van der Waals surface area (Å²) < 4.78 is 7.35. The van der Waals surface area contributed by atoms with Crippen LogP contribution in [0.25, 0.3) is 0 Å². The van der Waals surface area contributed by atoms with Gasteiger partial charge in [-0.1, -0.05) is 13.8 Å². The summed E-state index contributed by atoms with van der Waals surface area (Å²) in [6.07, 6.45) is 0.0758. The Bertz CT molecular complexity index is 387. The highest BCUT2D eigenvalue weighted by atomic mass is 16.5. The van der Waals surface area contributed by atoms with Gasteiger partial charge in [0.1, 0.15) is 11.6 Å². The van der Waals surface area contributed by atoms with Crippen molar-refractivity contribution in [3.8, 4) is 11.9 Å². The lowest BCUT2D eigenvalue weighted by Gasteiger charge is -2.17. The predicted octanol–water partition coefficient (Wildman–Crippen LogP) is 2.02. The Morgan fingerprint density at radius 3 is 2.47 bits per heavy atom. The predicted molar refractivity (Wildman–Crippen MR) is 57.6 cm³/mol. The van der Waals surface area contributed by atoms with Gasteiger partial charge in [0.05, 0.1) is 11.8 Å². The number of aromatic nitrogens is 2. The van der Waals surface area contributed by atoms with Gasteiger partial charge in [0, 0.05) is 7.05 Å². The Morgan fingerprint density at radius 1 is 1.40 bits per heavy atom. The number of nitrogens with zero attached hydrogens (tertiary/aromatic N) is 3. The minimum Gasteiger partial charge on any atom is -0.474 e. The number of ether oxygens (including phenoxy) is 1. The van der Waals surface area contributed by atoms with Crippen LogP contribution in [0.2, 0.25) is 0 Å². The highest BCUT2D eigenvalue weighted by molar-refractivity contribution is 5.42. The van der Waals surface area contributed by atoms with E-state index in [9.17, 15) is 0 Å². The molecule has 0 aliphatic heterocycles. The van der Waals surface area contributed by atoms with Crippen LogP contribution in [0.1, 0.15) is 32.0 Å². The van der Waals surface area contributed by atoms with Crippen LogP contribution in [0.4, 0.5) is 0 Å². The van der Waals surface area contributed by atoms with Gasteiger partial charge in [-0.05, 0) is 19.8 Å². The summed E-state index contributed by atoms with van der Waals surface area (Å²) in [5, 5.41) is 13.1. The molecule has 1 atom stereocenters. The maximum atomic E-state index is 8.98. The van der Waals surface area contributed by atoms with Gasteiger partial charge in [-0.15, -0.1) is 0 Å². The van der Waals surface area contributed by atoms with E-state index < -0.39 is 0 Å². The number of hydrogen-bond acceptors (Lipinski definition) is 3. The lowest BCUT2D eigenvalue weighted by atomic mass is 10.1. The first-order chi connectivity index (χ1) is 6.97. The molecular formula is C11H17N3O. The molecule has 82 valence electrons. The van der Waals surface area contributed by atoms with Crippen molar-refractivity contribution in [3.63, 3.8) is 0 Å². The van der Waals surface area contributed by atoms with Crippen LogP contribution in [0.5, 0.6) is 5.88 Å².